The summed E-state index contributed by atoms with van der Waals surface area (Å²) in [5.74, 6) is -1.73. The molecule has 0 spiro atoms. The number of halogens is 2. The molecule has 2 rings (SSSR count). The number of hydrogen-bond acceptors (Lipinski definition) is 5. The first-order valence-electron chi connectivity index (χ1n) is 6.17. The van der Waals surface area contributed by atoms with Crippen molar-refractivity contribution in [2.24, 2.45) is 0 Å². The topological polar surface area (TPSA) is 65.5 Å². The maximum absolute atomic E-state index is 13.0. The van der Waals surface area contributed by atoms with Gasteiger partial charge >= 0.3 is 11.9 Å². The Morgan fingerprint density at radius 1 is 1.18 bits per heavy atom. The Morgan fingerprint density at radius 2 is 1.86 bits per heavy atom. The first-order chi connectivity index (χ1) is 10.5. The van der Waals surface area contributed by atoms with E-state index in [9.17, 15) is 14.0 Å². The number of benzene rings is 1. The van der Waals surface area contributed by atoms with Crippen LogP contribution in [0.2, 0.25) is 0 Å². The summed E-state index contributed by atoms with van der Waals surface area (Å²) >= 11 is 3.19. The summed E-state index contributed by atoms with van der Waals surface area (Å²) in [5.41, 5.74) is 0.611. The van der Waals surface area contributed by atoms with Gasteiger partial charge in [-0.25, -0.2) is 19.0 Å². The van der Waals surface area contributed by atoms with Crippen molar-refractivity contribution < 1.29 is 23.5 Å². The molecule has 0 bridgehead atoms. The number of pyridine rings is 1. The quantitative estimate of drug-likeness (QED) is 0.776. The second-order valence-corrected chi connectivity index (χ2v) is 5.07. The third-order valence-corrected chi connectivity index (χ3v) is 3.46. The predicted molar refractivity (Wildman–Crippen MR) is 78.8 cm³/mol. The Balaban J connectivity index is 2.08. The van der Waals surface area contributed by atoms with Gasteiger partial charge in [-0.15, -0.1) is 0 Å². The summed E-state index contributed by atoms with van der Waals surface area (Å²) in [5, 5.41) is 0. The zero-order valence-corrected chi connectivity index (χ0v) is 13.1. The third kappa shape index (κ3) is 3.88. The highest BCUT2D eigenvalue weighted by molar-refractivity contribution is 9.10. The van der Waals surface area contributed by atoms with E-state index >= 15 is 0 Å². The fraction of sp³-hybridized carbons (Fsp3) is 0.133. The molecule has 0 aliphatic rings. The highest BCUT2D eigenvalue weighted by Gasteiger charge is 2.14. The van der Waals surface area contributed by atoms with Gasteiger partial charge in [0.15, 0.2) is 0 Å². The van der Waals surface area contributed by atoms with Crippen LogP contribution in [0.1, 0.15) is 26.5 Å². The Hall–Kier alpha value is -2.28. The summed E-state index contributed by atoms with van der Waals surface area (Å²) in [6.07, 6.45) is 0. The first kappa shape index (κ1) is 16.1. The van der Waals surface area contributed by atoms with Crippen molar-refractivity contribution in [1.29, 1.82) is 0 Å². The van der Waals surface area contributed by atoms with Crippen LogP contribution in [0, 0.1) is 5.82 Å². The van der Waals surface area contributed by atoms with Gasteiger partial charge in [-0.1, -0.05) is 28.1 Å². The number of carbonyl (C=O) groups is 2. The fourth-order valence-electron chi connectivity index (χ4n) is 1.62. The number of methoxy groups -OCH3 is 1. The molecule has 22 heavy (non-hydrogen) atoms. The lowest BCUT2D eigenvalue weighted by Crippen LogP contribution is -2.11. The van der Waals surface area contributed by atoms with E-state index in [1.807, 2.05) is 0 Å². The van der Waals surface area contributed by atoms with E-state index in [0.717, 1.165) is 0 Å². The van der Waals surface area contributed by atoms with E-state index < -0.39 is 17.8 Å². The van der Waals surface area contributed by atoms with Gasteiger partial charge in [0, 0.05) is 10.0 Å². The van der Waals surface area contributed by atoms with Gasteiger partial charge in [0.2, 0.25) is 0 Å². The lowest BCUT2D eigenvalue weighted by Gasteiger charge is -2.07. The van der Waals surface area contributed by atoms with Crippen LogP contribution >= 0.6 is 15.9 Å². The molecule has 1 aromatic carbocycles. The first-order valence-corrected chi connectivity index (χ1v) is 6.97. The van der Waals surface area contributed by atoms with Gasteiger partial charge in [0.25, 0.3) is 0 Å². The number of ether oxygens (including phenoxy) is 2. The van der Waals surface area contributed by atoms with E-state index in [4.69, 9.17) is 4.74 Å². The zero-order valence-electron chi connectivity index (χ0n) is 11.5. The minimum absolute atomic E-state index is 0.0128. The molecule has 1 heterocycles. The molecule has 0 saturated carbocycles. The Morgan fingerprint density at radius 3 is 2.50 bits per heavy atom. The normalized spacial score (nSPS) is 10.1. The molecule has 114 valence electrons. The monoisotopic (exact) mass is 367 g/mol. The van der Waals surface area contributed by atoms with Crippen molar-refractivity contribution >= 4 is 27.9 Å². The minimum atomic E-state index is -0.693. The predicted octanol–water partition coefficient (Wildman–Crippen LogP) is 3.13. The molecule has 0 amide bonds. The van der Waals surface area contributed by atoms with Crippen LogP contribution in [0.15, 0.2) is 40.9 Å². The number of esters is 2. The fourth-order valence-corrected chi connectivity index (χ4v) is 2.09. The molecule has 0 N–H and O–H groups in total. The Labute approximate surface area is 134 Å². The largest absolute Gasteiger partial charge is 0.464 e. The van der Waals surface area contributed by atoms with Crippen LogP contribution in [0.4, 0.5) is 4.39 Å². The maximum Gasteiger partial charge on any atom is 0.357 e. The summed E-state index contributed by atoms with van der Waals surface area (Å²) in [4.78, 5) is 27.2. The van der Waals surface area contributed by atoms with Crippen LogP contribution in [0.25, 0.3) is 0 Å². The van der Waals surface area contributed by atoms with Crippen LogP contribution in [-0.2, 0) is 16.1 Å². The highest BCUT2D eigenvalue weighted by atomic mass is 79.9. The molecule has 0 aliphatic carbocycles. The number of nitrogens with zero attached hydrogens (tertiary/aromatic N) is 1. The van der Waals surface area contributed by atoms with Gasteiger partial charge in [-0.3, -0.25) is 0 Å². The smallest absolute Gasteiger partial charge is 0.357 e. The molecule has 0 radical (unpaired) electrons. The molecule has 5 nitrogen and oxygen atoms in total. The van der Waals surface area contributed by atoms with Crippen molar-refractivity contribution in [3.8, 4) is 0 Å². The van der Waals surface area contributed by atoms with Crippen molar-refractivity contribution in [3.05, 3.63) is 63.6 Å². The van der Waals surface area contributed by atoms with Gasteiger partial charge < -0.3 is 9.47 Å². The van der Waals surface area contributed by atoms with E-state index in [1.165, 1.54) is 43.5 Å². The van der Waals surface area contributed by atoms with Crippen molar-refractivity contribution in [3.63, 3.8) is 0 Å². The average molecular weight is 368 g/mol. The summed E-state index contributed by atoms with van der Waals surface area (Å²) < 4.78 is 23.1. The van der Waals surface area contributed by atoms with Crippen LogP contribution < -0.4 is 0 Å². The Kier molecular flexibility index (Phi) is 5.21. The summed E-state index contributed by atoms with van der Waals surface area (Å²) in [6, 6.07) is 8.41. The molecule has 0 aliphatic heterocycles. The van der Waals surface area contributed by atoms with Crippen molar-refractivity contribution in [2.75, 3.05) is 7.11 Å². The van der Waals surface area contributed by atoms with E-state index in [1.54, 1.807) is 0 Å². The number of hydrogen-bond donors (Lipinski definition) is 0. The van der Waals surface area contributed by atoms with Crippen LogP contribution in [0.5, 0.6) is 0 Å². The molecule has 0 unspecified atom stereocenters. The van der Waals surface area contributed by atoms with Gasteiger partial charge in [-0.05, 0) is 24.3 Å². The van der Waals surface area contributed by atoms with E-state index in [2.05, 4.69) is 25.7 Å². The molecule has 0 fully saturated rings. The molecule has 0 atom stereocenters. The molecule has 1 aromatic heterocycles. The minimum Gasteiger partial charge on any atom is -0.464 e. The van der Waals surface area contributed by atoms with Gasteiger partial charge in [0.05, 0.1) is 7.11 Å². The molecular weight excluding hydrogens is 357 g/mol. The number of aromatic nitrogens is 1. The maximum atomic E-state index is 13.0. The van der Waals surface area contributed by atoms with Gasteiger partial charge in [-0.2, -0.15) is 0 Å². The van der Waals surface area contributed by atoms with E-state index in [0.29, 0.717) is 10.0 Å². The molecular formula is C15H11BrFNO4. The van der Waals surface area contributed by atoms with Gasteiger partial charge in [0.1, 0.15) is 23.8 Å². The lowest BCUT2D eigenvalue weighted by atomic mass is 10.2. The average Bonchev–Trinajstić information content (AvgIpc) is 2.53. The number of carbonyl (C=O) groups excluding carboxylic acids is 2. The SMILES string of the molecule is COC(=O)c1cccc(C(=O)OCc2ccc(F)cc2Br)n1. The summed E-state index contributed by atoms with van der Waals surface area (Å²) in [6.45, 7) is -0.0518. The molecule has 2 aromatic rings. The highest BCUT2D eigenvalue weighted by Crippen LogP contribution is 2.19. The molecule has 7 heteroatoms. The molecule has 0 saturated heterocycles. The zero-order chi connectivity index (χ0) is 16.1. The number of rotatable bonds is 4. The third-order valence-electron chi connectivity index (χ3n) is 2.73. The second-order valence-electron chi connectivity index (χ2n) is 4.21. The van der Waals surface area contributed by atoms with Crippen LogP contribution in [0.3, 0.4) is 0 Å². The standard InChI is InChI=1S/C15H11BrFNO4/c1-21-14(19)12-3-2-4-13(18-12)15(20)22-8-9-5-6-10(17)7-11(9)16/h2-7H,8H2,1H3. The van der Waals surface area contributed by atoms with Crippen LogP contribution in [-0.4, -0.2) is 24.0 Å². The Bertz CT molecular complexity index is 720. The summed E-state index contributed by atoms with van der Waals surface area (Å²) in [7, 11) is 1.22. The second kappa shape index (κ2) is 7.13. The lowest BCUT2D eigenvalue weighted by molar-refractivity contribution is 0.0464. The van der Waals surface area contributed by atoms with Crippen molar-refractivity contribution in [2.45, 2.75) is 6.61 Å². The van der Waals surface area contributed by atoms with Crippen molar-refractivity contribution in [1.82, 2.24) is 4.98 Å². The van der Waals surface area contributed by atoms with E-state index in [-0.39, 0.29) is 18.0 Å².